The fraction of sp³-hybridized carbons (Fsp3) is 0.500. The largest absolute Gasteiger partial charge is 0.328 e. The summed E-state index contributed by atoms with van der Waals surface area (Å²) in [6, 6.07) is 1.25. The minimum atomic E-state index is -0.512. The lowest BCUT2D eigenvalue weighted by Crippen LogP contribution is -2.30. The lowest BCUT2D eigenvalue weighted by molar-refractivity contribution is -0.121. The van der Waals surface area contributed by atoms with Crippen molar-refractivity contribution in [1.29, 1.82) is 0 Å². The Morgan fingerprint density at radius 3 is 2.79 bits per heavy atom. The first-order valence-electron chi connectivity index (χ1n) is 6.29. The second kappa shape index (κ2) is 6.12. The summed E-state index contributed by atoms with van der Waals surface area (Å²) >= 11 is 0. The van der Waals surface area contributed by atoms with Gasteiger partial charge < -0.3 is 4.57 Å². The number of amides is 1. The van der Waals surface area contributed by atoms with E-state index >= 15 is 0 Å². The van der Waals surface area contributed by atoms with Gasteiger partial charge in [0.2, 0.25) is 5.91 Å². The van der Waals surface area contributed by atoms with Gasteiger partial charge >= 0.3 is 5.69 Å². The van der Waals surface area contributed by atoms with Gasteiger partial charge in [-0.25, -0.2) is 10.2 Å². The highest BCUT2D eigenvalue weighted by atomic mass is 16.2. The van der Waals surface area contributed by atoms with Crippen molar-refractivity contribution in [3.8, 4) is 0 Å². The van der Waals surface area contributed by atoms with Crippen molar-refractivity contribution in [3.63, 3.8) is 0 Å². The lowest BCUT2D eigenvalue weighted by Gasteiger charge is -2.04. The Balaban J connectivity index is 1.84. The van der Waals surface area contributed by atoms with Crippen molar-refractivity contribution in [2.24, 2.45) is 5.10 Å². The highest BCUT2D eigenvalue weighted by Gasteiger charge is 2.09. The van der Waals surface area contributed by atoms with Gasteiger partial charge in [0.15, 0.2) is 0 Å². The molecule has 1 aromatic heterocycles. The summed E-state index contributed by atoms with van der Waals surface area (Å²) in [5, 5.41) is 4.04. The maximum Gasteiger partial charge on any atom is 0.328 e. The molecule has 0 spiro atoms. The quantitative estimate of drug-likeness (QED) is 0.747. The molecule has 0 bridgehead atoms. The Bertz CT molecular complexity index is 591. The maximum absolute atomic E-state index is 11.5. The minimum Gasteiger partial charge on any atom is -0.300 e. The van der Waals surface area contributed by atoms with E-state index in [1.54, 1.807) is 0 Å². The van der Waals surface area contributed by atoms with Crippen LogP contribution in [0.2, 0.25) is 0 Å². The van der Waals surface area contributed by atoms with Crippen molar-refractivity contribution in [2.45, 2.75) is 38.6 Å². The molecule has 1 heterocycles. The van der Waals surface area contributed by atoms with Crippen molar-refractivity contribution < 1.29 is 4.79 Å². The topological polar surface area (TPSA) is 96.3 Å². The first-order chi connectivity index (χ1) is 9.15. The van der Waals surface area contributed by atoms with E-state index in [-0.39, 0.29) is 18.9 Å². The van der Waals surface area contributed by atoms with E-state index in [1.807, 2.05) is 0 Å². The van der Waals surface area contributed by atoms with Crippen LogP contribution in [0.5, 0.6) is 0 Å². The Hall–Kier alpha value is -2.18. The molecular weight excluding hydrogens is 248 g/mol. The average Bonchev–Trinajstić information content (AvgIpc) is 2.88. The van der Waals surface area contributed by atoms with Crippen LogP contribution in [-0.4, -0.2) is 21.2 Å². The lowest BCUT2D eigenvalue weighted by atomic mass is 10.3. The van der Waals surface area contributed by atoms with E-state index in [4.69, 9.17) is 0 Å². The number of aryl methyl sites for hydroxylation is 1. The monoisotopic (exact) mass is 264 g/mol. The molecule has 7 heteroatoms. The molecule has 102 valence electrons. The SMILES string of the molecule is O=C(CCn1ccc(=O)[nH]c1=O)NN=C1CCCC1. The summed E-state index contributed by atoms with van der Waals surface area (Å²) in [5.41, 5.74) is 2.55. The molecule has 2 N–H and O–H groups in total. The number of aromatic amines is 1. The highest BCUT2D eigenvalue weighted by Crippen LogP contribution is 2.13. The second-order valence-electron chi connectivity index (χ2n) is 4.47. The number of carbonyl (C=O) groups is 1. The van der Waals surface area contributed by atoms with Crippen molar-refractivity contribution in [3.05, 3.63) is 33.1 Å². The normalized spacial score (nSPS) is 14.4. The summed E-state index contributed by atoms with van der Waals surface area (Å²) in [4.78, 5) is 35.9. The summed E-state index contributed by atoms with van der Waals surface area (Å²) in [6.45, 7) is 0.215. The number of aromatic nitrogens is 2. The fourth-order valence-electron chi connectivity index (χ4n) is 1.93. The molecule has 0 saturated heterocycles. The fourth-order valence-corrected chi connectivity index (χ4v) is 1.93. The molecule has 0 atom stereocenters. The molecule has 0 radical (unpaired) electrons. The number of hydrazone groups is 1. The molecule has 1 amide bonds. The second-order valence-corrected chi connectivity index (χ2v) is 4.47. The molecular formula is C12H16N4O3. The first kappa shape index (κ1) is 13.3. The molecule has 1 aliphatic carbocycles. The van der Waals surface area contributed by atoms with Crippen LogP contribution < -0.4 is 16.7 Å². The number of hydrogen-bond donors (Lipinski definition) is 2. The van der Waals surface area contributed by atoms with Gasteiger partial charge in [0, 0.05) is 30.9 Å². The van der Waals surface area contributed by atoms with Crippen molar-refractivity contribution >= 4 is 11.6 Å². The van der Waals surface area contributed by atoms with E-state index in [0.717, 1.165) is 31.4 Å². The molecule has 7 nitrogen and oxygen atoms in total. The van der Waals surface area contributed by atoms with Gasteiger partial charge in [-0.15, -0.1) is 0 Å². The third kappa shape index (κ3) is 3.90. The maximum atomic E-state index is 11.5. The van der Waals surface area contributed by atoms with Crippen molar-refractivity contribution in [2.75, 3.05) is 0 Å². The summed E-state index contributed by atoms with van der Waals surface area (Å²) in [5.74, 6) is -0.238. The van der Waals surface area contributed by atoms with Gasteiger partial charge in [-0.3, -0.25) is 14.6 Å². The molecule has 2 rings (SSSR count). The van der Waals surface area contributed by atoms with Crippen LogP contribution in [-0.2, 0) is 11.3 Å². The standard InChI is InChI=1S/C12H16N4O3/c17-10-5-7-16(12(19)13-10)8-6-11(18)15-14-9-3-1-2-4-9/h5,7H,1-4,6,8H2,(H,15,18)(H,13,17,19). The first-order valence-corrected chi connectivity index (χ1v) is 6.29. The van der Waals surface area contributed by atoms with Crippen LogP contribution in [0.25, 0.3) is 0 Å². The van der Waals surface area contributed by atoms with E-state index < -0.39 is 11.2 Å². The summed E-state index contributed by atoms with van der Waals surface area (Å²) in [6.07, 6.45) is 5.66. The van der Waals surface area contributed by atoms with Gasteiger partial charge in [0.05, 0.1) is 0 Å². The van der Waals surface area contributed by atoms with Crippen LogP contribution in [0.4, 0.5) is 0 Å². The molecule has 0 unspecified atom stereocenters. The zero-order valence-electron chi connectivity index (χ0n) is 10.5. The molecule has 0 aromatic carbocycles. The number of H-pyrrole nitrogens is 1. The van der Waals surface area contributed by atoms with Crippen LogP contribution in [0.3, 0.4) is 0 Å². The highest BCUT2D eigenvalue weighted by molar-refractivity contribution is 5.87. The molecule has 1 aromatic rings. The number of carbonyl (C=O) groups excluding carboxylic acids is 1. The number of nitrogens with one attached hydrogen (secondary N) is 2. The predicted molar refractivity (Wildman–Crippen MR) is 70.0 cm³/mol. The zero-order valence-corrected chi connectivity index (χ0v) is 10.5. The molecule has 1 fully saturated rings. The van der Waals surface area contributed by atoms with Crippen LogP contribution in [0.1, 0.15) is 32.1 Å². The van der Waals surface area contributed by atoms with Gasteiger partial charge in [0.25, 0.3) is 5.56 Å². The van der Waals surface area contributed by atoms with Gasteiger partial charge in [-0.2, -0.15) is 5.10 Å². The summed E-state index contributed by atoms with van der Waals surface area (Å²) < 4.78 is 1.28. The third-order valence-electron chi connectivity index (χ3n) is 3.00. The van der Waals surface area contributed by atoms with E-state index in [0.29, 0.717) is 0 Å². The molecule has 19 heavy (non-hydrogen) atoms. The van der Waals surface area contributed by atoms with Crippen LogP contribution in [0.15, 0.2) is 27.0 Å². The Labute approximate surface area is 109 Å². The van der Waals surface area contributed by atoms with E-state index in [9.17, 15) is 14.4 Å². The summed E-state index contributed by atoms with van der Waals surface area (Å²) in [7, 11) is 0. The van der Waals surface area contributed by atoms with Gasteiger partial charge in [0.1, 0.15) is 0 Å². The molecule has 1 aliphatic rings. The van der Waals surface area contributed by atoms with E-state index in [2.05, 4.69) is 15.5 Å². The Kier molecular flexibility index (Phi) is 4.27. The molecule has 1 saturated carbocycles. The zero-order chi connectivity index (χ0) is 13.7. The number of hydrogen-bond acceptors (Lipinski definition) is 4. The van der Waals surface area contributed by atoms with E-state index in [1.165, 1.54) is 16.8 Å². The predicted octanol–water partition coefficient (Wildman–Crippen LogP) is -0.0271. The Morgan fingerprint density at radius 2 is 2.11 bits per heavy atom. The number of rotatable bonds is 4. The van der Waals surface area contributed by atoms with Crippen LogP contribution >= 0.6 is 0 Å². The Morgan fingerprint density at radius 1 is 1.37 bits per heavy atom. The third-order valence-corrected chi connectivity index (χ3v) is 3.00. The smallest absolute Gasteiger partial charge is 0.300 e. The van der Waals surface area contributed by atoms with Crippen molar-refractivity contribution in [1.82, 2.24) is 15.0 Å². The van der Waals surface area contributed by atoms with Crippen LogP contribution in [0, 0.1) is 0 Å². The van der Waals surface area contributed by atoms with Gasteiger partial charge in [-0.05, 0) is 25.7 Å². The number of nitrogens with zero attached hydrogens (tertiary/aromatic N) is 2. The minimum absolute atomic E-state index is 0.142. The average molecular weight is 264 g/mol. The molecule has 0 aliphatic heterocycles. The van der Waals surface area contributed by atoms with Gasteiger partial charge in [-0.1, -0.05) is 0 Å².